The zero-order valence-corrected chi connectivity index (χ0v) is 9.91. The standard InChI is InChI=1S/C10H12N4OS/c1-7-5-12-8(16-7)6-13-9-10(15)14(2)4-3-11-9/h3-5H,6H2,1-2H3,(H,11,13). The van der Waals surface area contributed by atoms with Crippen LogP contribution >= 0.6 is 11.3 Å². The smallest absolute Gasteiger partial charge is 0.293 e. The molecule has 0 bridgehead atoms. The van der Waals surface area contributed by atoms with Crippen molar-refractivity contribution in [3.63, 3.8) is 0 Å². The summed E-state index contributed by atoms with van der Waals surface area (Å²) in [6, 6.07) is 0. The van der Waals surface area contributed by atoms with Crippen LogP contribution in [0.1, 0.15) is 9.88 Å². The average molecular weight is 236 g/mol. The maximum Gasteiger partial charge on any atom is 0.293 e. The van der Waals surface area contributed by atoms with E-state index in [0.717, 1.165) is 9.88 Å². The van der Waals surface area contributed by atoms with Crippen molar-refractivity contribution in [3.8, 4) is 0 Å². The van der Waals surface area contributed by atoms with E-state index < -0.39 is 0 Å². The number of hydrogen-bond donors (Lipinski definition) is 1. The summed E-state index contributed by atoms with van der Waals surface area (Å²) in [5.74, 6) is 0.359. The molecule has 0 saturated heterocycles. The van der Waals surface area contributed by atoms with Crippen LogP contribution in [0.4, 0.5) is 5.82 Å². The van der Waals surface area contributed by atoms with Gasteiger partial charge in [0.25, 0.3) is 5.56 Å². The maximum atomic E-state index is 11.6. The summed E-state index contributed by atoms with van der Waals surface area (Å²) < 4.78 is 1.49. The lowest BCUT2D eigenvalue weighted by Crippen LogP contribution is -2.21. The first kappa shape index (κ1) is 10.8. The maximum absolute atomic E-state index is 11.6. The Morgan fingerprint density at radius 1 is 1.50 bits per heavy atom. The third-order valence-electron chi connectivity index (χ3n) is 2.09. The van der Waals surface area contributed by atoms with Gasteiger partial charge >= 0.3 is 0 Å². The van der Waals surface area contributed by atoms with Gasteiger partial charge in [-0.3, -0.25) is 4.79 Å². The molecule has 0 unspecified atom stereocenters. The van der Waals surface area contributed by atoms with Crippen LogP contribution in [0.25, 0.3) is 0 Å². The zero-order valence-electron chi connectivity index (χ0n) is 9.10. The molecule has 0 atom stereocenters. The molecule has 2 aromatic heterocycles. The van der Waals surface area contributed by atoms with Crippen LogP contribution in [0.15, 0.2) is 23.4 Å². The molecule has 0 radical (unpaired) electrons. The highest BCUT2D eigenvalue weighted by molar-refractivity contribution is 7.11. The normalized spacial score (nSPS) is 10.4. The molecule has 1 N–H and O–H groups in total. The Labute approximate surface area is 96.8 Å². The minimum absolute atomic E-state index is 0.129. The van der Waals surface area contributed by atoms with Gasteiger partial charge in [-0.15, -0.1) is 11.3 Å². The second-order valence-electron chi connectivity index (χ2n) is 3.41. The number of nitrogens with one attached hydrogen (secondary N) is 1. The molecule has 6 heteroatoms. The van der Waals surface area contributed by atoms with Crippen molar-refractivity contribution in [2.45, 2.75) is 13.5 Å². The molecular formula is C10H12N4OS. The fourth-order valence-corrected chi connectivity index (χ4v) is 1.99. The van der Waals surface area contributed by atoms with Crippen molar-refractivity contribution in [1.29, 1.82) is 0 Å². The Bertz CT molecular complexity index is 546. The molecule has 2 rings (SSSR count). The first-order chi connectivity index (χ1) is 7.66. The minimum atomic E-state index is -0.129. The monoisotopic (exact) mass is 236 g/mol. The second-order valence-corrected chi connectivity index (χ2v) is 4.73. The lowest BCUT2D eigenvalue weighted by atomic mass is 10.5. The van der Waals surface area contributed by atoms with E-state index >= 15 is 0 Å². The molecule has 0 aliphatic carbocycles. The number of rotatable bonds is 3. The molecule has 0 amide bonds. The van der Waals surface area contributed by atoms with Gasteiger partial charge in [-0.1, -0.05) is 0 Å². The molecular weight excluding hydrogens is 224 g/mol. The Balaban J connectivity index is 2.11. The van der Waals surface area contributed by atoms with Gasteiger partial charge in [0.1, 0.15) is 5.01 Å². The molecule has 84 valence electrons. The van der Waals surface area contributed by atoms with Crippen molar-refractivity contribution in [2.24, 2.45) is 7.05 Å². The molecule has 0 aliphatic rings. The minimum Gasteiger partial charge on any atom is -0.359 e. The first-order valence-electron chi connectivity index (χ1n) is 4.83. The van der Waals surface area contributed by atoms with Gasteiger partial charge in [0.2, 0.25) is 0 Å². The molecule has 2 aromatic rings. The fourth-order valence-electron chi connectivity index (χ4n) is 1.26. The van der Waals surface area contributed by atoms with Crippen molar-refractivity contribution in [1.82, 2.24) is 14.5 Å². The second kappa shape index (κ2) is 4.44. The van der Waals surface area contributed by atoms with Crippen LogP contribution in [0.5, 0.6) is 0 Å². The highest BCUT2D eigenvalue weighted by Crippen LogP contribution is 2.11. The predicted octanol–water partition coefficient (Wildman–Crippen LogP) is 1.16. The summed E-state index contributed by atoms with van der Waals surface area (Å²) in [6.07, 6.45) is 5.04. The van der Waals surface area contributed by atoms with Crippen molar-refractivity contribution < 1.29 is 0 Å². The Morgan fingerprint density at radius 2 is 2.31 bits per heavy atom. The number of anilines is 1. The molecule has 0 spiro atoms. The van der Waals surface area contributed by atoms with Crippen LogP contribution in [0.2, 0.25) is 0 Å². The lowest BCUT2D eigenvalue weighted by Gasteiger charge is -2.03. The van der Waals surface area contributed by atoms with Crippen LogP contribution < -0.4 is 10.9 Å². The van der Waals surface area contributed by atoms with Gasteiger partial charge in [-0.25, -0.2) is 9.97 Å². The fraction of sp³-hybridized carbons (Fsp3) is 0.300. The van der Waals surface area contributed by atoms with Crippen LogP contribution in [0, 0.1) is 6.92 Å². The van der Waals surface area contributed by atoms with E-state index in [1.165, 1.54) is 4.57 Å². The average Bonchev–Trinajstić information content (AvgIpc) is 2.67. The predicted molar refractivity (Wildman–Crippen MR) is 63.7 cm³/mol. The number of aromatic nitrogens is 3. The van der Waals surface area contributed by atoms with E-state index in [1.54, 1.807) is 30.8 Å². The van der Waals surface area contributed by atoms with Crippen LogP contribution in [-0.4, -0.2) is 14.5 Å². The topological polar surface area (TPSA) is 59.8 Å². The quantitative estimate of drug-likeness (QED) is 0.868. The summed E-state index contributed by atoms with van der Waals surface area (Å²) in [5.41, 5.74) is -0.129. The van der Waals surface area contributed by atoms with E-state index in [-0.39, 0.29) is 5.56 Å². The molecule has 0 aliphatic heterocycles. The van der Waals surface area contributed by atoms with E-state index in [0.29, 0.717) is 12.4 Å². The third-order valence-corrected chi connectivity index (χ3v) is 3.01. The van der Waals surface area contributed by atoms with Gasteiger partial charge in [0.15, 0.2) is 5.82 Å². The summed E-state index contributed by atoms with van der Waals surface area (Å²) in [5, 5.41) is 3.94. The summed E-state index contributed by atoms with van der Waals surface area (Å²) in [4.78, 5) is 21.0. The summed E-state index contributed by atoms with van der Waals surface area (Å²) >= 11 is 1.61. The highest BCUT2D eigenvalue weighted by Gasteiger charge is 2.03. The Morgan fingerprint density at radius 3 is 3.00 bits per heavy atom. The van der Waals surface area contributed by atoms with Crippen molar-refractivity contribution in [3.05, 3.63) is 38.8 Å². The van der Waals surface area contributed by atoms with Crippen LogP contribution in [-0.2, 0) is 13.6 Å². The highest BCUT2D eigenvalue weighted by atomic mass is 32.1. The number of nitrogens with zero attached hydrogens (tertiary/aromatic N) is 3. The number of hydrogen-bond acceptors (Lipinski definition) is 5. The Kier molecular flexibility index (Phi) is 3.00. The molecule has 0 saturated carbocycles. The van der Waals surface area contributed by atoms with Gasteiger partial charge in [0.05, 0.1) is 6.54 Å². The van der Waals surface area contributed by atoms with Gasteiger partial charge in [-0.05, 0) is 6.92 Å². The third kappa shape index (κ3) is 2.27. The molecule has 2 heterocycles. The molecule has 5 nitrogen and oxygen atoms in total. The molecule has 0 fully saturated rings. The number of thiazole rings is 1. The van der Waals surface area contributed by atoms with Gasteiger partial charge in [0, 0.05) is 30.5 Å². The van der Waals surface area contributed by atoms with Gasteiger partial charge in [-0.2, -0.15) is 0 Å². The van der Waals surface area contributed by atoms with E-state index in [2.05, 4.69) is 15.3 Å². The lowest BCUT2D eigenvalue weighted by molar-refractivity contribution is 0.839. The van der Waals surface area contributed by atoms with Crippen molar-refractivity contribution in [2.75, 3.05) is 5.32 Å². The first-order valence-corrected chi connectivity index (χ1v) is 5.65. The largest absolute Gasteiger partial charge is 0.359 e. The zero-order chi connectivity index (χ0) is 11.5. The van der Waals surface area contributed by atoms with E-state index in [1.807, 2.05) is 13.1 Å². The summed E-state index contributed by atoms with van der Waals surface area (Å²) in [6.45, 7) is 2.53. The van der Waals surface area contributed by atoms with Gasteiger partial charge < -0.3 is 9.88 Å². The van der Waals surface area contributed by atoms with E-state index in [4.69, 9.17) is 0 Å². The summed E-state index contributed by atoms with van der Waals surface area (Å²) in [7, 11) is 1.70. The van der Waals surface area contributed by atoms with Crippen molar-refractivity contribution >= 4 is 17.2 Å². The van der Waals surface area contributed by atoms with E-state index in [9.17, 15) is 4.79 Å². The van der Waals surface area contributed by atoms with Crippen LogP contribution in [0.3, 0.4) is 0 Å². The molecule has 0 aromatic carbocycles. The SMILES string of the molecule is Cc1cnc(CNc2nccn(C)c2=O)s1. The Hall–Kier alpha value is -1.69. The molecule has 16 heavy (non-hydrogen) atoms. The number of aryl methyl sites for hydroxylation is 2.